The third-order valence-corrected chi connectivity index (χ3v) is 8.26. The highest BCUT2D eigenvalue weighted by Crippen LogP contribution is 2.33. The molecule has 2 rings (SSSR count). The fourth-order valence-electron chi connectivity index (χ4n) is 4.46. The summed E-state index contributed by atoms with van der Waals surface area (Å²) in [5.74, 6) is 3.79. The molecule has 5 heteroatoms. The normalized spacial score (nSPS) is 19.5. The van der Waals surface area contributed by atoms with Crippen molar-refractivity contribution >= 4 is 34.8 Å². The molecule has 3 nitrogen and oxygen atoms in total. The number of thioether (sulfide) groups is 1. The zero-order valence-corrected chi connectivity index (χ0v) is 21.9. The molecule has 1 saturated heterocycles. The van der Waals surface area contributed by atoms with Crippen molar-refractivity contribution in [2.45, 2.75) is 84.9 Å². The topological polar surface area (TPSA) is 39.1 Å². The third kappa shape index (κ3) is 7.99. The zero-order chi connectivity index (χ0) is 23.0. The number of nitriles is 1. The predicted octanol–water partition coefficient (Wildman–Crippen LogP) is 7.63. The molecule has 1 aromatic rings. The number of nitrogens with zero attached hydrogens (tertiary/aromatic N) is 2. The first-order chi connectivity index (χ1) is 14.7. The number of hydrogen-bond acceptors (Lipinski definition) is 3. The van der Waals surface area contributed by atoms with Gasteiger partial charge in [-0.1, -0.05) is 54.4 Å². The molecule has 1 aliphatic rings. The molecule has 1 aromatic carbocycles. The lowest BCUT2D eigenvalue weighted by atomic mass is 9.84. The van der Waals surface area contributed by atoms with Crippen molar-refractivity contribution in [3.8, 4) is 6.07 Å². The molecule has 4 unspecified atom stereocenters. The fourth-order valence-corrected chi connectivity index (χ4v) is 6.26. The molecule has 0 aromatic heterocycles. The molecule has 1 heterocycles. The summed E-state index contributed by atoms with van der Waals surface area (Å²) in [4.78, 5) is 2.39. The summed E-state index contributed by atoms with van der Waals surface area (Å²) < 4.78 is 0. The summed E-state index contributed by atoms with van der Waals surface area (Å²) in [7, 11) is 0. The maximum absolute atomic E-state index is 9.42. The molecule has 0 bridgehead atoms. The van der Waals surface area contributed by atoms with Gasteiger partial charge in [0.2, 0.25) is 0 Å². The summed E-state index contributed by atoms with van der Waals surface area (Å²) >= 11 is 7.91. The Balaban J connectivity index is 2.05. The van der Waals surface area contributed by atoms with Crippen LogP contribution in [0.25, 0.3) is 0 Å². The average molecular weight is 460 g/mol. The second-order valence-corrected chi connectivity index (χ2v) is 11.4. The monoisotopic (exact) mass is 459 g/mol. The lowest BCUT2D eigenvalue weighted by molar-refractivity contribution is 0.254. The van der Waals surface area contributed by atoms with Gasteiger partial charge in [-0.3, -0.25) is 0 Å². The Kier molecular flexibility index (Phi) is 10.7. The highest BCUT2D eigenvalue weighted by molar-refractivity contribution is 7.99. The van der Waals surface area contributed by atoms with Crippen molar-refractivity contribution in [1.29, 1.82) is 5.26 Å². The molecule has 0 aliphatic carbocycles. The van der Waals surface area contributed by atoms with Crippen LogP contribution in [0.3, 0.4) is 0 Å². The lowest BCUT2D eigenvalue weighted by Crippen LogP contribution is -2.45. The largest absolute Gasteiger partial charge is 0.337 e. The van der Waals surface area contributed by atoms with E-state index in [0.29, 0.717) is 22.8 Å². The Morgan fingerprint density at radius 2 is 1.97 bits per heavy atom. The second-order valence-electron chi connectivity index (χ2n) is 9.73. The number of benzene rings is 1. The number of nitrogens with one attached hydrogen (secondary N) is 1. The van der Waals surface area contributed by atoms with Crippen LogP contribution in [0.1, 0.15) is 90.7 Å². The second kappa shape index (κ2) is 12.7. The first-order valence-electron chi connectivity index (χ1n) is 12.0. The number of hydrogen-bond donors (Lipinski definition) is 1. The Hall–Kier alpha value is -1.25. The van der Waals surface area contributed by atoms with Gasteiger partial charge in [0.15, 0.2) is 5.11 Å². The summed E-state index contributed by atoms with van der Waals surface area (Å²) in [5, 5.41) is 14.1. The Morgan fingerprint density at radius 3 is 2.61 bits per heavy atom. The van der Waals surface area contributed by atoms with E-state index in [1.165, 1.54) is 31.4 Å². The van der Waals surface area contributed by atoms with Crippen molar-refractivity contribution in [2.75, 3.05) is 17.6 Å². The van der Waals surface area contributed by atoms with E-state index >= 15 is 0 Å². The van der Waals surface area contributed by atoms with Crippen molar-refractivity contribution in [2.24, 2.45) is 17.8 Å². The predicted molar refractivity (Wildman–Crippen MR) is 141 cm³/mol. The van der Waals surface area contributed by atoms with Crippen LogP contribution >= 0.6 is 24.0 Å². The maximum atomic E-state index is 9.42. The van der Waals surface area contributed by atoms with Crippen LogP contribution in [-0.4, -0.2) is 27.7 Å². The fraction of sp³-hybridized carbons (Fsp3) is 0.692. The van der Waals surface area contributed by atoms with Crippen LogP contribution in [0.5, 0.6) is 0 Å². The molecule has 1 N–H and O–H groups in total. The van der Waals surface area contributed by atoms with Crippen LogP contribution in [0.15, 0.2) is 18.2 Å². The summed E-state index contributed by atoms with van der Waals surface area (Å²) in [5.41, 5.74) is 2.78. The Morgan fingerprint density at radius 1 is 1.23 bits per heavy atom. The molecule has 0 spiro atoms. The first-order valence-corrected chi connectivity index (χ1v) is 13.4. The van der Waals surface area contributed by atoms with E-state index in [9.17, 15) is 5.26 Å². The molecule has 0 saturated carbocycles. The van der Waals surface area contributed by atoms with Gasteiger partial charge in [0, 0.05) is 12.2 Å². The van der Waals surface area contributed by atoms with Gasteiger partial charge < -0.3 is 10.2 Å². The molecule has 1 fully saturated rings. The molecular weight excluding hydrogens is 418 g/mol. The van der Waals surface area contributed by atoms with Crippen LogP contribution < -0.4 is 5.32 Å². The number of thiocarbonyl (C=S) groups is 1. The minimum Gasteiger partial charge on any atom is -0.337 e. The van der Waals surface area contributed by atoms with Gasteiger partial charge in [-0.05, 0) is 84.7 Å². The molecule has 0 amide bonds. The number of rotatable bonds is 9. The van der Waals surface area contributed by atoms with Gasteiger partial charge in [-0.25, -0.2) is 0 Å². The van der Waals surface area contributed by atoms with E-state index in [1.54, 1.807) is 0 Å². The first kappa shape index (κ1) is 26.0. The van der Waals surface area contributed by atoms with Gasteiger partial charge in [-0.2, -0.15) is 5.26 Å². The van der Waals surface area contributed by atoms with Crippen LogP contribution in [0.2, 0.25) is 0 Å². The van der Waals surface area contributed by atoms with Crippen LogP contribution in [0, 0.1) is 29.1 Å². The minimum atomic E-state index is 0.373. The minimum absolute atomic E-state index is 0.373. The molecule has 172 valence electrons. The smallest absolute Gasteiger partial charge is 0.174 e. The molecule has 0 radical (unpaired) electrons. The van der Waals surface area contributed by atoms with Crippen molar-refractivity contribution < 1.29 is 0 Å². The molecule has 4 atom stereocenters. The highest BCUT2D eigenvalue weighted by Gasteiger charge is 2.28. The summed E-state index contributed by atoms with van der Waals surface area (Å²) in [6.07, 6.45) is 6.25. The van der Waals surface area contributed by atoms with E-state index in [-0.39, 0.29) is 0 Å². The van der Waals surface area contributed by atoms with Gasteiger partial charge >= 0.3 is 0 Å². The van der Waals surface area contributed by atoms with E-state index in [0.717, 1.165) is 41.2 Å². The Labute approximate surface area is 200 Å². The quantitative estimate of drug-likeness (QED) is 0.384. The average Bonchev–Trinajstić information content (AvgIpc) is 2.73. The van der Waals surface area contributed by atoms with E-state index in [4.69, 9.17) is 12.2 Å². The summed E-state index contributed by atoms with van der Waals surface area (Å²) in [6.45, 7) is 14.8. The van der Waals surface area contributed by atoms with Crippen molar-refractivity contribution in [1.82, 2.24) is 4.90 Å². The van der Waals surface area contributed by atoms with Gasteiger partial charge in [0.25, 0.3) is 0 Å². The van der Waals surface area contributed by atoms with E-state index < -0.39 is 0 Å². The third-order valence-electron chi connectivity index (χ3n) is 6.56. The van der Waals surface area contributed by atoms with Crippen molar-refractivity contribution in [3.05, 3.63) is 29.3 Å². The Bertz CT molecular complexity index is 756. The van der Waals surface area contributed by atoms with Gasteiger partial charge in [0.1, 0.15) is 0 Å². The standard InChI is InChI=1S/C26H41N3S2/c1-7-9-19(4)12-20(5)21(6)13-25-29(10-8-11-31-25)26(30)28-24-15-22(17-27)14-23(16-24)18(2)3/h14-16,18-21,25H,7-13H2,1-6H3,(H,28,30). The molecular formula is C26H41N3S2. The zero-order valence-electron chi connectivity index (χ0n) is 20.3. The molecule has 31 heavy (non-hydrogen) atoms. The van der Waals surface area contributed by atoms with E-state index in [1.807, 2.05) is 23.9 Å². The lowest BCUT2D eigenvalue weighted by Gasteiger charge is -2.39. The van der Waals surface area contributed by atoms with Gasteiger partial charge in [0.05, 0.1) is 17.0 Å². The van der Waals surface area contributed by atoms with Crippen LogP contribution in [0.4, 0.5) is 5.69 Å². The van der Waals surface area contributed by atoms with E-state index in [2.05, 4.69) is 63.9 Å². The highest BCUT2D eigenvalue weighted by atomic mass is 32.2. The van der Waals surface area contributed by atoms with Crippen LogP contribution in [-0.2, 0) is 0 Å². The van der Waals surface area contributed by atoms with Crippen molar-refractivity contribution in [3.63, 3.8) is 0 Å². The van der Waals surface area contributed by atoms with Gasteiger partial charge in [-0.15, -0.1) is 11.8 Å². The SMILES string of the molecule is CCCC(C)CC(C)C(C)CC1SCCCN1C(=S)Nc1cc(C#N)cc(C(C)C)c1. The summed E-state index contributed by atoms with van der Waals surface area (Å²) in [6, 6.07) is 8.29. The molecule has 1 aliphatic heterocycles. The maximum Gasteiger partial charge on any atom is 0.174 e. The number of anilines is 1.